The summed E-state index contributed by atoms with van der Waals surface area (Å²) in [6, 6.07) is 0. The fourth-order valence-electron chi connectivity index (χ4n) is 4.13. The van der Waals surface area contributed by atoms with Crippen molar-refractivity contribution in [1.82, 2.24) is 10.6 Å². The zero-order chi connectivity index (χ0) is 25.0. The summed E-state index contributed by atoms with van der Waals surface area (Å²) in [6.07, 6.45) is -9.07. The zero-order valence-corrected chi connectivity index (χ0v) is 18.3. The highest BCUT2D eigenvalue weighted by Gasteiger charge is 2.42. The molecule has 0 radical (unpaired) electrons. The van der Waals surface area contributed by atoms with Crippen molar-refractivity contribution in [2.45, 2.75) is 94.0 Å². The van der Waals surface area contributed by atoms with Gasteiger partial charge in [0.05, 0.1) is 24.4 Å². The topological polar surface area (TPSA) is 95.1 Å². The molecule has 196 valence electrons. The molecule has 0 aromatic heterocycles. The van der Waals surface area contributed by atoms with Crippen LogP contribution >= 0.6 is 0 Å². The van der Waals surface area contributed by atoms with Crippen LogP contribution in [0.1, 0.15) is 51.4 Å². The van der Waals surface area contributed by atoms with Crippen LogP contribution in [-0.4, -0.2) is 74.3 Å². The summed E-state index contributed by atoms with van der Waals surface area (Å²) in [4.78, 5) is 24.1. The first kappa shape index (κ1) is 27.0. The molecule has 34 heavy (non-hydrogen) atoms. The average Bonchev–Trinajstić information content (AvgIpc) is 2.61. The molecule has 8 nitrogen and oxygen atoms in total. The molecule has 3 rings (SSSR count). The number of ether oxygens (including phenoxy) is 4. The lowest BCUT2D eigenvalue weighted by molar-refractivity contribution is -0.358. The third kappa shape index (κ3) is 8.86. The number of rotatable bonds is 12. The van der Waals surface area contributed by atoms with Gasteiger partial charge in [-0.05, 0) is 25.7 Å². The van der Waals surface area contributed by atoms with Gasteiger partial charge in [-0.3, -0.25) is 19.1 Å². The van der Waals surface area contributed by atoms with Gasteiger partial charge in [0.1, 0.15) is 13.2 Å². The number of carbonyl (C=O) groups excluding carboxylic acids is 2. The second-order valence-electron chi connectivity index (χ2n) is 8.96. The van der Waals surface area contributed by atoms with Crippen molar-refractivity contribution in [2.75, 3.05) is 19.8 Å². The maximum Gasteiger partial charge on any atom is 0.522 e. The highest BCUT2D eigenvalue weighted by atomic mass is 19.4. The van der Waals surface area contributed by atoms with Gasteiger partial charge in [-0.25, -0.2) is 0 Å². The minimum atomic E-state index is -4.68. The van der Waals surface area contributed by atoms with Crippen LogP contribution < -0.4 is 10.6 Å². The maximum absolute atomic E-state index is 12.2. The standard InChI is InChI=1S/C20H28F6N2O6/c21-19(22,23)33-14-6-12(7-14)31-10-16(29)27-5-4-18(2-1-3-18)28-17(30)11-32-13-8-15(9-13)34-20(24,25)26/h12-15H,1-11H2,(H,27,29)(H,28,30). The van der Waals surface area contributed by atoms with E-state index in [9.17, 15) is 35.9 Å². The number of halogens is 6. The van der Waals surface area contributed by atoms with Gasteiger partial charge in [-0.1, -0.05) is 0 Å². The predicted molar refractivity (Wildman–Crippen MR) is 102 cm³/mol. The number of nitrogens with one attached hydrogen (secondary N) is 2. The van der Waals surface area contributed by atoms with E-state index in [0.717, 1.165) is 19.3 Å². The Labute approximate surface area is 192 Å². The van der Waals surface area contributed by atoms with Crippen molar-refractivity contribution in [2.24, 2.45) is 0 Å². The molecule has 3 aliphatic rings. The Morgan fingerprint density at radius 2 is 1.24 bits per heavy atom. The molecule has 3 fully saturated rings. The molecule has 0 aliphatic heterocycles. The molecule has 0 bridgehead atoms. The van der Waals surface area contributed by atoms with Gasteiger partial charge in [0.15, 0.2) is 0 Å². The molecule has 3 saturated carbocycles. The van der Waals surface area contributed by atoms with Crippen molar-refractivity contribution >= 4 is 11.8 Å². The second kappa shape index (κ2) is 11.0. The molecule has 0 heterocycles. The van der Waals surface area contributed by atoms with Crippen molar-refractivity contribution in [3.05, 3.63) is 0 Å². The molecule has 0 saturated heterocycles. The molecule has 2 N–H and O–H groups in total. The van der Waals surface area contributed by atoms with Gasteiger partial charge in [-0.15, -0.1) is 26.3 Å². The molecular weight excluding hydrogens is 478 g/mol. The maximum atomic E-state index is 12.2. The lowest BCUT2D eigenvalue weighted by Gasteiger charge is -2.43. The number of hydrogen-bond acceptors (Lipinski definition) is 6. The quantitative estimate of drug-likeness (QED) is 0.396. The van der Waals surface area contributed by atoms with Crippen LogP contribution in [0.15, 0.2) is 0 Å². The monoisotopic (exact) mass is 506 g/mol. The smallest absolute Gasteiger partial charge is 0.368 e. The van der Waals surface area contributed by atoms with Crippen LogP contribution in [0, 0.1) is 0 Å². The molecule has 2 amide bonds. The molecular formula is C20H28F6N2O6. The Bertz CT molecular complexity index is 703. The van der Waals surface area contributed by atoms with E-state index in [2.05, 4.69) is 20.1 Å². The van der Waals surface area contributed by atoms with E-state index in [-0.39, 0.29) is 51.3 Å². The summed E-state index contributed by atoms with van der Waals surface area (Å²) in [7, 11) is 0. The summed E-state index contributed by atoms with van der Waals surface area (Å²) in [5, 5.41) is 5.55. The number of amides is 2. The number of hydrogen-bond donors (Lipinski definition) is 2. The van der Waals surface area contributed by atoms with Crippen LogP contribution in [0.2, 0.25) is 0 Å². The fourth-order valence-corrected chi connectivity index (χ4v) is 4.13. The van der Waals surface area contributed by atoms with Crippen molar-refractivity contribution in [3.8, 4) is 0 Å². The highest BCUT2D eigenvalue weighted by Crippen LogP contribution is 2.35. The minimum absolute atomic E-state index is 0.0703. The van der Waals surface area contributed by atoms with Crippen molar-refractivity contribution in [1.29, 1.82) is 0 Å². The Morgan fingerprint density at radius 3 is 1.65 bits per heavy atom. The molecule has 14 heteroatoms. The van der Waals surface area contributed by atoms with E-state index in [4.69, 9.17) is 9.47 Å². The minimum Gasteiger partial charge on any atom is -0.368 e. The van der Waals surface area contributed by atoms with Crippen LogP contribution in [0.3, 0.4) is 0 Å². The molecule has 0 spiro atoms. The lowest BCUT2D eigenvalue weighted by Crippen LogP contribution is -2.56. The molecule has 3 aliphatic carbocycles. The summed E-state index contributed by atoms with van der Waals surface area (Å²) < 4.78 is 90.9. The van der Waals surface area contributed by atoms with E-state index in [0.29, 0.717) is 6.42 Å². The van der Waals surface area contributed by atoms with Crippen molar-refractivity contribution in [3.63, 3.8) is 0 Å². The van der Waals surface area contributed by atoms with Crippen LogP contribution in [0.25, 0.3) is 0 Å². The van der Waals surface area contributed by atoms with Crippen LogP contribution in [0.4, 0.5) is 26.3 Å². The number of alkyl halides is 6. The molecule has 0 aromatic rings. The first-order valence-corrected chi connectivity index (χ1v) is 11.1. The predicted octanol–water partition coefficient (Wildman–Crippen LogP) is 2.70. The van der Waals surface area contributed by atoms with E-state index in [1.54, 1.807) is 0 Å². The average molecular weight is 506 g/mol. The van der Waals surface area contributed by atoms with Gasteiger partial charge >= 0.3 is 12.7 Å². The van der Waals surface area contributed by atoms with E-state index < -0.39 is 48.6 Å². The summed E-state index contributed by atoms with van der Waals surface area (Å²) in [5.74, 6) is -0.792. The highest BCUT2D eigenvalue weighted by molar-refractivity contribution is 5.78. The zero-order valence-electron chi connectivity index (χ0n) is 18.3. The largest absolute Gasteiger partial charge is 0.522 e. The van der Waals surface area contributed by atoms with Gasteiger partial charge < -0.3 is 20.1 Å². The van der Waals surface area contributed by atoms with Gasteiger partial charge in [0, 0.05) is 37.8 Å². The Hall–Kier alpha value is -1.64. The Morgan fingerprint density at radius 1 is 0.765 bits per heavy atom. The summed E-state index contributed by atoms with van der Waals surface area (Å²) >= 11 is 0. The first-order chi connectivity index (χ1) is 15.8. The van der Waals surface area contributed by atoms with Crippen LogP contribution in [-0.2, 0) is 28.5 Å². The lowest BCUT2D eigenvalue weighted by atomic mass is 9.74. The normalized spacial score (nSPS) is 28.3. The van der Waals surface area contributed by atoms with Gasteiger partial charge in [-0.2, -0.15) is 0 Å². The molecule has 0 unspecified atom stereocenters. The van der Waals surface area contributed by atoms with Crippen molar-refractivity contribution < 1.29 is 54.9 Å². The second-order valence-corrected chi connectivity index (χ2v) is 8.96. The SMILES string of the molecule is O=C(COC1CC(OC(F)(F)F)C1)NCCC1(NC(=O)COC2CC(OC(F)(F)F)C2)CCC1. The van der Waals surface area contributed by atoms with E-state index >= 15 is 0 Å². The summed E-state index contributed by atoms with van der Waals surface area (Å²) in [6.45, 7) is -0.282. The Balaban J connectivity index is 1.24. The van der Waals surface area contributed by atoms with Gasteiger partial charge in [0.2, 0.25) is 11.8 Å². The first-order valence-electron chi connectivity index (χ1n) is 11.1. The summed E-state index contributed by atoms with van der Waals surface area (Å²) in [5.41, 5.74) is -0.480. The van der Waals surface area contributed by atoms with Gasteiger partial charge in [0.25, 0.3) is 0 Å². The fraction of sp³-hybridized carbons (Fsp3) is 0.900. The third-order valence-corrected chi connectivity index (χ3v) is 6.24. The van der Waals surface area contributed by atoms with Crippen LogP contribution in [0.5, 0.6) is 0 Å². The van der Waals surface area contributed by atoms with E-state index in [1.165, 1.54) is 0 Å². The molecule has 0 atom stereocenters. The number of carbonyl (C=O) groups is 2. The Kier molecular flexibility index (Phi) is 8.69. The van der Waals surface area contributed by atoms with E-state index in [1.807, 2.05) is 0 Å². The third-order valence-electron chi connectivity index (χ3n) is 6.24. The molecule has 0 aromatic carbocycles.